The molecule has 0 radical (unpaired) electrons. The molecule has 1 saturated heterocycles. The number of nitrogens with zero attached hydrogens (tertiary/aromatic N) is 4. The lowest BCUT2D eigenvalue weighted by molar-refractivity contribution is -0.159. The quantitative estimate of drug-likeness (QED) is 0.583. The fourth-order valence-electron chi connectivity index (χ4n) is 4.83. The van der Waals surface area contributed by atoms with Crippen molar-refractivity contribution in [2.45, 2.75) is 39.0 Å². The number of ether oxygens (including phenoxy) is 1. The summed E-state index contributed by atoms with van der Waals surface area (Å²) in [5, 5.41) is 0.710. The van der Waals surface area contributed by atoms with Crippen molar-refractivity contribution in [3.63, 3.8) is 0 Å². The van der Waals surface area contributed by atoms with Crippen LogP contribution in [0.25, 0.3) is 10.9 Å². The SMILES string of the molecule is CC(C)CN1C(=O)c2ccccc2N2C(=O)CCC12C(=O)OCc1nc(N)c2ccccc2n1. The molecule has 9 nitrogen and oxygen atoms in total. The molecule has 5 rings (SSSR count). The molecule has 1 fully saturated rings. The molecule has 1 aromatic heterocycles. The number of amides is 2. The second-order valence-corrected chi connectivity index (χ2v) is 8.99. The van der Waals surface area contributed by atoms with E-state index in [0.717, 1.165) is 0 Å². The summed E-state index contributed by atoms with van der Waals surface area (Å²) in [6.45, 7) is 3.98. The molecule has 2 amide bonds. The Morgan fingerprint density at radius 3 is 2.65 bits per heavy atom. The van der Waals surface area contributed by atoms with Gasteiger partial charge in [0.2, 0.25) is 11.6 Å². The normalized spacial score (nSPS) is 19.5. The Morgan fingerprint density at radius 2 is 1.85 bits per heavy atom. The average molecular weight is 460 g/mol. The minimum atomic E-state index is -1.55. The third-order valence-electron chi connectivity index (χ3n) is 6.26. The van der Waals surface area contributed by atoms with Crippen molar-refractivity contribution in [3.8, 4) is 0 Å². The first-order chi connectivity index (χ1) is 16.3. The van der Waals surface area contributed by atoms with Crippen LogP contribution in [0.4, 0.5) is 11.5 Å². The maximum atomic E-state index is 13.7. The molecule has 2 N–H and O–H groups in total. The zero-order valence-corrected chi connectivity index (χ0v) is 19.0. The number of rotatable bonds is 5. The van der Waals surface area contributed by atoms with Crippen LogP contribution < -0.4 is 10.6 Å². The molecule has 0 aliphatic carbocycles. The zero-order chi connectivity index (χ0) is 24.0. The Labute approximate surface area is 196 Å². The van der Waals surface area contributed by atoms with Gasteiger partial charge in [-0.2, -0.15) is 0 Å². The number of esters is 1. The number of anilines is 2. The van der Waals surface area contributed by atoms with Crippen LogP contribution in [0.2, 0.25) is 0 Å². The summed E-state index contributed by atoms with van der Waals surface area (Å²) in [5.74, 6) is -0.599. The van der Waals surface area contributed by atoms with Crippen molar-refractivity contribution in [3.05, 3.63) is 59.9 Å². The topological polar surface area (TPSA) is 119 Å². The fraction of sp³-hybridized carbons (Fsp3) is 0.320. The van der Waals surface area contributed by atoms with Crippen molar-refractivity contribution in [2.24, 2.45) is 5.92 Å². The molecule has 0 saturated carbocycles. The van der Waals surface area contributed by atoms with Crippen LogP contribution in [0.15, 0.2) is 48.5 Å². The summed E-state index contributed by atoms with van der Waals surface area (Å²) in [6.07, 6.45) is 0.281. The molecule has 3 aromatic rings. The molecule has 2 aromatic carbocycles. The molecule has 2 aliphatic rings. The number of hydrogen-bond acceptors (Lipinski definition) is 7. The molecule has 1 atom stereocenters. The van der Waals surface area contributed by atoms with Crippen LogP contribution in [-0.4, -0.2) is 44.9 Å². The number of carbonyl (C=O) groups excluding carboxylic acids is 3. The largest absolute Gasteiger partial charge is 0.454 e. The van der Waals surface area contributed by atoms with E-state index in [-0.39, 0.29) is 48.8 Å². The van der Waals surface area contributed by atoms with E-state index in [1.165, 1.54) is 9.80 Å². The van der Waals surface area contributed by atoms with E-state index < -0.39 is 11.6 Å². The Balaban J connectivity index is 1.52. The highest BCUT2D eigenvalue weighted by atomic mass is 16.5. The number of aromatic nitrogens is 2. The molecule has 9 heteroatoms. The van der Waals surface area contributed by atoms with E-state index in [4.69, 9.17) is 10.5 Å². The first-order valence-corrected chi connectivity index (χ1v) is 11.3. The van der Waals surface area contributed by atoms with Crippen LogP contribution in [0.1, 0.15) is 42.9 Å². The van der Waals surface area contributed by atoms with Crippen LogP contribution in [0.3, 0.4) is 0 Å². The zero-order valence-electron chi connectivity index (χ0n) is 19.0. The van der Waals surface area contributed by atoms with Gasteiger partial charge in [0, 0.05) is 24.8 Å². The van der Waals surface area contributed by atoms with Crippen molar-refractivity contribution in [1.29, 1.82) is 0 Å². The smallest absolute Gasteiger partial charge is 0.354 e. The first-order valence-electron chi connectivity index (χ1n) is 11.3. The third-order valence-corrected chi connectivity index (χ3v) is 6.26. The number of nitrogen functional groups attached to an aromatic ring is 1. The minimum Gasteiger partial charge on any atom is -0.454 e. The van der Waals surface area contributed by atoms with Crippen LogP contribution >= 0.6 is 0 Å². The molecule has 0 bridgehead atoms. The van der Waals surface area contributed by atoms with Gasteiger partial charge in [-0.1, -0.05) is 38.1 Å². The molecule has 34 heavy (non-hydrogen) atoms. The summed E-state index contributed by atoms with van der Waals surface area (Å²) in [7, 11) is 0. The van der Waals surface area contributed by atoms with E-state index in [1.54, 1.807) is 30.3 Å². The summed E-state index contributed by atoms with van der Waals surface area (Å²) in [5.41, 5.74) is 5.98. The number of fused-ring (bicyclic) bond motifs is 4. The van der Waals surface area contributed by atoms with E-state index >= 15 is 0 Å². The van der Waals surface area contributed by atoms with Crippen molar-refractivity contribution >= 4 is 40.2 Å². The monoisotopic (exact) mass is 459 g/mol. The number of hydrogen-bond donors (Lipinski definition) is 1. The number of para-hydroxylation sites is 2. The standard InChI is InChI=1S/C25H25N5O4/c1-15(2)13-29-23(32)17-8-4-6-10-19(17)30-21(31)11-12-25(29,30)24(33)34-14-20-27-18-9-5-3-7-16(18)22(26)28-20/h3-10,15H,11-14H2,1-2H3,(H2,26,27,28). The predicted octanol–water partition coefficient (Wildman–Crippen LogP) is 2.89. The molecule has 1 unspecified atom stereocenters. The van der Waals surface area contributed by atoms with Gasteiger partial charge >= 0.3 is 5.97 Å². The summed E-state index contributed by atoms with van der Waals surface area (Å²) in [4.78, 5) is 51.9. The minimum absolute atomic E-state index is 0.0695. The Kier molecular flexibility index (Phi) is 5.19. The summed E-state index contributed by atoms with van der Waals surface area (Å²) in [6, 6.07) is 14.2. The highest BCUT2D eigenvalue weighted by Gasteiger charge is 2.62. The van der Waals surface area contributed by atoms with Gasteiger partial charge in [0.15, 0.2) is 12.4 Å². The fourth-order valence-corrected chi connectivity index (χ4v) is 4.83. The van der Waals surface area contributed by atoms with E-state index in [2.05, 4.69) is 9.97 Å². The molecule has 3 heterocycles. The second-order valence-electron chi connectivity index (χ2n) is 8.99. The highest BCUT2D eigenvalue weighted by molar-refractivity contribution is 6.15. The molecule has 174 valence electrons. The lowest BCUT2D eigenvalue weighted by Crippen LogP contribution is -2.69. The Hall–Kier alpha value is -4.01. The van der Waals surface area contributed by atoms with Crippen LogP contribution in [-0.2, 0) is 20.9 Å². The van der Waals surface area contributed by atoms with E-state index in [9.17, 15) is 14.4 Å². The average Bonchev–Trinajstić information content (AvgIpc) is 3.18. The van der Waals surface area contributed by atoms with Gasteiger partial charge < -0.3 is 15.4 Å². The summed E-state index contributed by atoms with van der Waals surface area (Å²) >= 11 is 0. The Bertz CT molecular complexity index is 1320. The Morgan fingerprint density at radius 1 is 1.12 bits per heavy atom. The van der Waals surface area contributed by atoms with E-state index in [1.807, 2.05) is 32.0 Å². The second kappa shape index (κ2) is 8.09. The predicted molar refractivity (Wildman–Crippen MR) is 126 cm³/mol. The van der Waals surface area contributed by atoms with Gasteiger partial charge in [0.05, 0.1) is 16.8 Å². The van der Waals surface area contributed by atoms with Crippen molar-refractivity contribution < 1.29 is 19.1 Å². The first kappa shape index (κ1) is 21.8. The van der Waals surface area contributed by atoms with Gasteiger partial charge in [-0.3, -0.25) is 14.5 Å². The third kappa shape index (κ3) is 3.27. The maximum absolute atomic E-state index is 13.7. The number of benzene rings is 2. The lowest BCUT2D eigenvalue weighted by atomic mass is 9.95. The van der Waals surface area contributed by atoms with Crippen molar-refractivity contribution in [1.82, 2.24) is 14.9 Å². The van der Waals surface area contributed by atoms with Gasteiger partial charge in [0.1, 0.15) is 5.82 Å². The lowest BCUT2D eigenvalue weighted by Gasteiger charge is -2.48. The number of nitrogens with two attached hydrogens (primary N) is 1. The van der Waals surface area contributed by atoms with Gasteiger partial charge in [-0.25, -0.2) is 14.8 Å². The maximum Gasteiger partial charge on any atom is 0.354 e. The summed E-state index contributed by atoms with van der Waals surface area (Å²) < 4.78 is 5.69. The van der Waals surface area contributed by atoms with Gasteiger partial charge in [-0.05, 0) is 30.2 Å². The highest BCUT2D eigenvalue weighted by Crippen LogP contribution is 2.45. The van der Waals surface area contributed by atoms with E-state index in [0.29, 0.717) is 28.7 Å². The van der Waals surface area contributed by atoms with Crippen LogP contribution in [0.5, 0.6) is 0 Å². The molecule has 0 spiro atoms. The molecular weight excluding hydrogens is 434 g/mol. The molecular formula is C25H25N5O4. The van der Waals surface area contributed by atoms with Crippen molar-refractivity contribution in [2.75, 3.05) is 17.2 Å². The van der Waals surface area contributed by atoms with Gasteiger partial charge in [-0.15, -0.1) is 0 Å². The van der Waals surface area contributed by atoms with Crippen LogP contribution in [0, 0.1) is 5.92 Å². The molecule has 2 aliphatic heterocycles. The van der Waals surface area contributed by atoms with Gasteiger partial charge in [0.25, 0.3) is 5.91 Å². The number of carbonyl (C=O) groups is 3.